The van der Waals surface area contributed by atoms with Crippen molar-refractivity contribution in [1.29, 1.82) is 5.26 Å². The van der Waals surface area contributed by atoms with Gasteiger partial charge in [0.05, 0.1) is 5.56 Å². The van der Waals surface area contributed by atoms with Crippen molar-refractivity contribution in [2.75, 3.05) is 44.7 Å². The summed E-state index contributed by atoms with van der Waals surface area (Å²) in [7, 11) is 2.17. The third kappa shape index (κ3) is 3.79. The van der Waals surface area contributed by atoms with E-state index in [1.165, 1.54) is 0 Å². The predicted molar refractivity (Wildman–Crippen MR) is 107 cm³/mol. The van der Waals surface area contributed by atoms with Crippen LogP contribution in [0.2, 0.25) is 0 Å². The van der Waals surface area contributed by atoms with Gasteiger partial charge in [0.25, 0.3) is 0 Å². The first-order valence-corrected chi connectivity index (χ1v) is 10.0. The number of likely N-dealkylation sites (tertiary alicyclic amines) is 1. The molecule has 27 heavy (non-hydrogen) atoms. The van der Waals surface area contributed by atoms with E-state index in [1.807, 2.05) is 24.0 Å². The van der Waals surface area contributed by atoms with Crippen molar-refractivity contribution < 1.29 is 4.79 Å². The van der Waals surface area contributed by atoms with Gasteiger partial charge in [-0.05, 0) is 44.9 Å². The van der Waals surface area contributed by atoms with Gasteiger partial charge in [0, 0.05) is 50.4 Å². The number of anilines is 1. The Morgan fingerprint density at radius 1 is 1.26 bits per heavy atom. The number of carbonyl (C=O) groups excluding carboxylic acids is 1. The Morgan fingerprint density at radius 3 is 2.70 bits per heavy atom. The largest absolute Gasteiger partial charge is 0.352 e. The van der Waals surface area contributed by atoms with Crippen molar-refractivity contribution in [2.24, 2.45) is 0 Å². The van der Waals surface area contributed by atoms with Gasteiger partial charge in [-0.15, -0.1) is 0 Å². The summed E-state index contributed by atoms with van der Waals surface area (Å²) >= 11 is 0. The molecule has 3 rings (SSSR count). The molecule has 2 saturated heterocycles. The van der Waals surface area contributed by atoms with Gasteiger partial charge in [0.15, 0.2) is 0 Å². The van der Waals surface area contributed by atoms with Gasteiger partial charge in [0.1, 0.15) is 11.9 Å². The molecule has 2 aliphatic rings. The average Bonchev–Trinajstić information content (AvgIpc) is 2.83. The smallest absolute Gasteiger partial charge is 0.222 e. The van der Waals surface area contributed by atoms with Crippen LogP contribution in [0, 0.1) is 11.3 Å². The third-order valence-corrected chi connectivity index (χ3v) is 6.29. The molecule has 1 atom stereocenters. The van der Waals surface area contributed by atoms with E-state index in [0.29, 0.717) is 17.9 Å². The average molecular weight is 370 g/mol. The summed E-state index contributed by atoms with van der Waals surface area (Å²) < 4.78 is 0. The fourth-order valence-electron chi connectivity index (χ4n) is 4.32. The summed E-state index contributed by atoms with van der Waals surface area (Å²) in [6, 6.07) is 6.18. The molecule has 6 heteroatoms. The zero-order valence-electron chi connectivity index (χ0n) is 17.0. The minimum atomic E-state index is -0.0416. The van der Waals surface area contributed by atoms with Crippen molar-refractivity contribution in [2.45, 2.75) is 51.5 Å². The van der Waals surface area contributed by atoms with Gasteiger partial charge in [-0.1, -0.05) is 13.8 Å². The maximum atomic E-state index is 12.4. The number of likely N-dealkylation sites (N-methyl/N-ethyl adjacent to an activating group) is 1. The molecular weight excluding hydrogens is 338 g/mol. The summed E-state index contributed by atoms with van der Waals surface area (Å²) in [5.41, 5.74) is 1.62. The number of hydrogen-bond donors (Lipinski definition) is 0. The Labute approximate surface area is 162 Å². The summed E-state index contributed by atoms with van der Waals surface area (Å²) in [6.07, 6.45) is 2.42. The van der Waals surface area contributed by atoms with Gasteiger partial charge < -0.3 is 9.80 Å². The minimum Gasteiger partial charge on any atom is -0.352 e. The van der Waals surface area contributed by atoms with Crippen LogP contribution in [0.25, 0.3) is 0 Å². The van der Waals surface area contributed by atoms with Gasteiger partial charge in [-0.3, -0.25) is 9.69 Å². The van der Waals surface area contributed by atoms with Crippen LogP contribution in [0.1, 0.15) is 57.2 Å². The summed E-state index contributed by atoms with van der Waals surface area (Å²) in [4.78, 5) is 23.9. The van der Waals surface area contributed by atoms with E-state index in [1.54, 1.807) is 0 Å². The molecule has 0 unspecified atom stereocenters. The second kappa shape index (κ2) is 7.85. The number of pyridine rings is 1. The second-order valence-corrected chi connectivity index (χ2v) is 8.16. The molecule has 2 aliphatic heterocycles. The number of hydrogen-bond acceptors (Lipinski definition) is 5. The number of nitriles is 1. The highest BCUT2D eigenvalue weighted by Gasteiger charge is 2.42. The molecule has 6 nitrogen and oxygen atoms in total. The van der Waals surface area contributed by atoms with E-state index in [-0.39, 0.29) is 11.4 Å². The lowest BCUT2D eigenvalue weighted by Gasteiger charge is -2.49. The minimum absolute atomic E-state index is 0.0416. The summed E-state index contributed by atoms with van der Waals surface area (Å²) in [5, 5.41) is 9.60. The molecule has 1 spiro atoms. The van der Waals surface area contributed by atoms with Crippen LogP contribution in [0.4, 0.5) is 5.82 Å². The molecule has 0 radical (unpaired) electrons. The van der Waals surface area contributed by atoms with Crippen molar-refractivity contribution in [1.82, 2.24) is 14.8 Å². The van der Waals surface area contributed by atoms with Crippen molar-refractivity contribution >= 4 is 11.7 Å². The Morgan fingerprint density at radius 2 is 2.04 bits per heavy atom. The summed E-state index contributed by atoms with van der Waals surface area (Å²) in [5.74, 6) is 1.39. The fraction of sp³-hybridized carbons (Fsp3) is 0.667. The maximum absolute atomic E-state index is 12.4. The van der Waals surface area contributed by atoms with Gasteiger partial charge in [0.2, 0.25) is 5.91 Å². The summed E-state index contributed by atoms with van der Waals surface area (Å²) in [6.45, 7) is 10.5. The van der Waals surface area contributed by atoms with Crippen molar-refractivity contribution in [3.8, 4) is 6.07 Å². The van der Waals surface area contributed by atoms with E-state index in [4.69, 9.17) is 4.98 Å². The molecule has 0 bridgehead atoms. The molecule has 0 saturated carbocycles. The lowest BCUT2D eigenvalue weighted by Crippen LogP contribution is -2.61. The molecule has 3 heterocycles. The predicted octanol–water partition coefficient (Wildman–Crippen LogP) is 2.60. The van der Waals surface area contributed by atoms with E-state index in [9.17, 15) is 10.1 Å². The molecule has 0 aliphatic carbocycles. The molecule has 0 N–H and O–H groups in total. The first-order chi connectivity index (χ1) is 12.9. The van der Waals surface area contributed by atoms with Crippen LogP contribution < -0.4 is 4.90 Å². The second-order valence-electron chi connectivity index (χ2n) is 8.16. The van der Waals surface area contributed by atoms with Crippen molar-refractivity contribution in [3.63, 3.8) is 0 Å². The maximum Gasteiger partial charge on any atom is 0.222 e. The first kappa shape index (κ1) is 19.6. The van der Waals surface area contributed by atoms with E-state index >= 15 is 0 Å². The molecule has 1 aromatic rings. The number of nitrogens with zero attached hydrogens (tertiary/aromatic N) is 5. The van der Waals surface area contributed by atoms with Crippen LogP contribution in [0.5, 0.6) is 0 Å². The van der Waals surface area contributed by atoms with Gasteiger partial charge in [-0.2, -0.15) is 5.26 Å². The highest BCUT2D eigenvalue weighted by molar-refractivity contribution is 5.76. The first-order valence-electron chi connectivity index (χ1n) is 10.0. The van der Waals surface area contributed by atoms with Crippen LogP contribution in [0.15, 0.2) is 12.1 Å². The topological polar surface area (TPSA) is 63.5 Å². The highest BCUT2D eigenvalue weighted by Crippen LogP contribution is 2.34. The SMILES string of the molecule is CCN1CC[C@]2(CCC1=O)CN(c1nc(C(C)C)ccc1C#N)CCN2C. The quantitative estimate of drug-likeness (QED) is 0.819. The van der Waals surface area contributed by atoms with Gasteiger partial charge >= 0.3 is 0 Å². The lowest BCUT2D eigenvalue weighted by molar-refractivity contribution is -0.130. The standard InChI is InChI=1S/C21H31N5O/c1-5-25-11-10-21(9-8-19(25)27)15-26(13-12-24(21)4)20-17(14-22)6-7-18(23-20)16(2)3/h6-7,16H,5,8-13,15H2,1-4H3/t21-/m1/s1. The van der Waals surface area contributed by atoms with Crippen LogP contribution in [-0.4, -0.2) is 66.0 Å². The number of amides is 1. The van der Waals surface area contributed by atoms with E-state index in [0.717, 1.165) is 57.1 Å². The molecule has 146 valence electrons. The Bertz CT molecular complexity index is 741. The molecular formula is C21H31N5O. The Balaban J connectivity index is 1.91. The van der Waals surface area contributed by atoms with Gasteiger partial charge in [-0.25, -0.2) is 4.98 Å². The molecule has 1 amide bonds. The van der Waals surface area contributed by atoms with E-state index in [2.05, 4.69) is 36.8 Å². The normalized spacial score (nSPS) is 24.4. The fourth-order valence-corrected chi connectivity index (χ4v) is 4.32. The molecule has 1 aromatic heterocycles. The Kier molecular flexibility index (Phi) is 5.71. The highest BCUT2D eigenvalue weighted by atomic mass is 16.2. The van der Waals surface area contributed by atoms with Crippen LogP contribution >= 0.6 is 0 Å². The Hall–Kier alpha value is -2.13. The molecule has 2 fully saturated rings. The number of piperazine rings is 1. The molecule has 0 aromatic carbocycles. The zero-order chi connectivity index (χ0) is 19.6. The van der Waals surface area contributed by atoms with Crippen molar-refractivity contribution in [3.05, 3.63) is 23.4 Å². The number of aromatic nitrogens is 1. The van der Waals surface area contributed by atoms with Crippen LogP contribution in [-0.2, 0) is 4.79 Å². The monoisotopic (exact) mass is 369 g/mol. The number of rotatable bonds is 3. The zero-order valence-corrected chi connectivity index (χ0v) is 17.0. The van der Waals surface area contributed by atoms with Crippen LogP contribution in [0.3, 0.4) is 0 Å². The lowest BCUT2D eigenvalue weighted by atomic mass is 9.86. The number of carbonyl (C=O) groups is 1. The third-order valence-electron chi connectivity index (χ3n) is 6.29. The van der Waals surface area contributed by atoms with E-state index < -0.39 is 0 Å².